The van der Waals surface area contributed by atoms with E-state index in [2.05, 4.69) is 15.0 Å². The number of thioether (sulfide) groups is 1. The zero-order valence-corrected chi connectivity index (χ0v) is 12.4. The second kappa shape index (κ2) is 5.94. The summed E-state index contributed by atoms with van der Waals surface area (Å²) in [6.45, 7) is 0. The van der Waals surface area contributed by atoms with Crippen molar-refractivity contribution in [3.63, 3.8) is 0 Å². The topological polar surface area (TPSA) is 82.7 Å². The molecule has 8 heteroatoms. The second-order valence-electron chi connectivity index (χ2n) is 4.34. The molecule has 0 aromatic carbocycles. The molecule has 22 heavy (non-hydrogen) atoms. The summed E-state index contributed by atoms with van der Waals surface area (Å²) in [6.07, 6.45) is 8.04. The first-order chi connectivity index (χ1) is 10.7. The van der Waals surface area contributed by atoms with Crippen LogP contribution < -0.4 is 11.1 Å². The lowest BCUT2D eigenvalue weighted by atomic mass is 10.3. The van der Waals surface area contributed by atoms with Crippen LogP contribution in [-0.4, -0.2) is 30.3 Å². The Balaban J connectivity index is 2.13. The smallest absolute Gasteiger partial charge is 0.272 e. The summed E-state index contributed by atoms with van der Waals surface area (Å²) in [7, 11) is 0. The van der Waals surface area contributed by atoms with Gasteiger partial charge in [-0.2, -0.15) is 9.97 Å². The molecule has 0 saturated carbocycles. The zero-order chi connectivity index (χ0) is 15.5. The van der Waals surface area contributed by atoms with Gasteiger partial charge in [0.05, 0.1) is 5.69 Å². The van der Waals surface area contributed by atoms with Crippen molar-refractivity contribution < 1.29 is 0 Å². The van der Waals surface area contributed by atoms with Gasteiger partial charge in [0.2, 0.25) is 0 Å². The summed E-state index contributed by atoms with van der Waals surface area (Å²) in [5, 5.41) is 0.796. The van der Waals surface area contributed by atoms with Crippen LogP contribution in [-0.2, 0) is 0 Å². The molecular formula is C14H11N5O2S. The molecular weight excluding hydrogens is 302 g/mol. The van der Waals surface area contributed by atoms with Gasteiger partial charge < -0.3 is 4.57 Å². The lowest BCUT2D eigenvalue weighted by Gasteiger charge is -2.11. The second-order valence-corrected chi connectivity index (χ2v) is 5.16. The van der Waals surface area contributed by atoms with Gasteiger partial charge in [-0.3, -0.25) is 14.2 Å². The van der Waals surface area contributed by atoms with Crippen LogP contribution in [0.1, 0.15) is 0 Å². The highest BCUT2D eigenvalue weighted by Crippen LogP contribution is 2.19. The molecule has 0 saturated heterocycles. The Morgan fingerprint density at radius 1 is 0.955 bits per heavy atom. The predicted molar refractivity (Wildman–Crippen MR) is 82.8 cm³/mol. The van der Waals surface area contributed by atoms with E-state index in [-0.39, 0.29) is 11.1 Å². The lowest BCUT2D eigenvalue weighted by molar-refractivity contribution is 0.882. The van der Waals surface area contributed by atoms with Crippen molar-refractivity contribution in [2.24, 2.45) is 0 Å². The highest BCUT2D eigenvalue weighted by Gasteiger charge is 2.05. The van der Waals surface area contributed by atoms with E-state index in [1.165, 1.54) is 36.5 Å². The zero-order valence-electron chi connectivity index (χ0n) is 11.6. The fourth-order valence-electron chi connectivity index (χ4n) is 1.84. The van der Waals surface area contributed by atoms with Gasteiger partial charge in [-0.25, -0.2) is 4.98 Å². The van der Waals surface area contributed by atoms with E-state index in [9.17, 15) is 9.59 Å². The molecule has 110 valence electrons. The van der Waals surface area contributed by atoms with Gasteiger partial charge >= 0.3 is 0 Å². The Kier molecular flexibility index (Phi) is 3.84. The molecule has 0 fully saturated rings. The van der Waals surface area contributed by atoms with E-state index in [0.717, 1.165) is 10.7 Å². The Morgan fingerprint density at radius 2 is 1.59 bits per heavy atom. The van der Waals surface area contributed by atoms with Crippen molar-refractivity contribution in [2.45, 2.75) is 5.03 Å². The Bertz CT molecular complexity index is 822. The summed E-state index contributed by atoms with van der Waals surface area (Å²) in [4.78, 5) is 34.2. The van der Waals surface area contributed by atoms with Gasteiger partial charge in [-0.15, -0.1) is 11.8 Å². The average Bonchev–Trinajstić information content (AvgIpc) is 2.55. The fourth-order valence-corrected chi connectivity index (χ4v) is 2.26. The molecule has 0 N–H and O–H groups in total. The van der Waals surface area contributed by atoms with Crippen LogP contribution in [0.15, 0.2) is 63.9 Å². The maximum Gasteiger partial charge on any atom is 0.272 e. The first-order valence-electron chi connectivity index (χ1n) is 6.31. The van der Waals surface area contributed by atoms with Crippen LogP contribution in [0.3, 0.4) is 0 Å². The van der Waals surface area contributed by atoms with Gasteiger partial charge in [0.15, 0.2) is 0 Å². The molecule has 0 unspecified atom stereocenters. The molecule has 0 amide bonds. The average molecular weight is 313 g/mol. The van der Waals surface area contributed by atoms with Crippen LogP contribution in [0.4, 0.5) is 0 Å². The SMILES string of the molecule is CSc1cc(-n2ccc(=O)nc2)cc(-n2ccc(=O)nc2)n1. The number of pyridine rings is 1. The van der Waals surface area contributed by atoms with Crippen molar-refractivity contribution in [1.82, 2.24) is 24.1 Å². The van der Waals surface area contributed by atoms with E-state index >= 15 is 0 Å². The number of aromatic nitrogens is 5. The lowest BCUT2D eigenvalue weighted by Crippen LogP contribution is -2.10. The summed E-state index contributed by atoms with van der Waals surface area (Å²) in [5.41, 5.74) is 0.211. The van der Waals surface area contributed by atoms with E-state index in [1.807, 2.05) is 18.4 Å². The quantitative estimate of drug-likeness (QED) is 0.668. The van der Waals surface area contributed by atoms with Crippen molar-refractivity contribution in [3.05, 3.63) is 70.0 Å². The molecule has 0 aliphatic carbocycles. The van der Waals surface area contributed by atoms with Gasteiger partial charge in [0.1, 0.15) is 23.5 Å². The van der Waals surface area contributed by atoms with Crippen LogP contribution in [0, 0.1) is 0 Å². The van der Waals surface area contributed by atoms with Crippen LogP contribution >= 0.6 is 11.8 Å². The molecule has 0 atom stereocenters. The molecule has 3 aromatic heterocycles. The fraction of sp³-hybridized carbons (Fsp3) is 0.0714. The first-order valence-corrected chi connectivity index (χ1v) is 7.53. The largest absolute Gasteiger partial charge is 0.307 e. The molecule has 0 aliphatic rings. The molecule has 0 bridgehead atoms. The van der Waals surface area contributed by atoms with Crippen LogP contribution in [0.25, 0.3) is 11.5 Å². The Labute approximate surface area is 129 Å². The van der Waals surface area contributed by atoms with Crippen molar-refractivity contribution in [3.8, 4) is 11.5 Å². The number of hydrogen-bond donors (Lipinski definition) is 0. The van der Waals surface area contributed by atoms with Gasteiger partial charge in [-0.1, -0.05) is 0 Å². The van der Waals surface area contributed by atoms with Crippen molar-refractivity contribution >= 4 is 11.8 Å². The third-order valence-electron chi connectivity index (χ3n) is 2.92. The molecule has 7 nitrogen and oxygen atoms in total. The minimum Gasteiger partial charge on any atom is -0.307 e. The van der Waals surface area contributed by atoms with Gasteiger partial charge in [0, 0.05) is 30.6 Å². The summed E-state index contributed by atoms with van der Waals surface area (Å²) >= 11 is 1.49. The number of rotatable bonds is 3. The molecule has 3 aromatic rings. The molecule has 3 rings (SSSR count). The third-order valence-corrected chi connectivity index (χ3v) is 3.55. The van der Waals surface area contributed by atoms with E-state index in [4.69, 9.17) is 0 Å². The Hall–Kier alpha value is -2.74. The monoisotopic (exact) mass is 313 g/mol. The van der Waals surface area contributed by atoms with E-state index in [1.54, 1.807) is 21.5 Å². The molecule has 0 spiro atoms. The maximum atomic E-state index is 11.1. The first kappa shape index (κ1) is 14.2. The minimum atomic E-state index is -0.304. The third kappa shape index (κ3) is 2.96. The highest BCUT2D eigenvalue weighted by atomic mass is 32.2. The van der Waals surface area contributed by atoms with Gasteiger partial charge in [-0.05, 0) is 12.3 Å². The standard InChI is InChI=1S/C14H11N5O2S/c1-22-14-7-10(18-4-2-12(20)15-8-18)6-11(17-14)19-5-3-13(21)16-9-19/h2-9H,1H3. The van der Waals surface area contributed by atoms with Crippen molar-refractivity contribution in [1.29, 1.82) is 0 Å². The Morgan fingerprint density at radius 3 is 2.14 bits per heavy atom. The predicted octanol–water partition coefficient (Wildman–Crippen LogP) is 0.895. The summed E-state index contributed by atoms with van der Waals surface area (Å²) in [5.74, 6) is 0.619. The van der Waals surface area contributed by atoms with Gasteiger partial charge in [0.25, 0.3) is 11.1 Å². The van der Waals surface area contributed by atoms with Crippen LogP contribution in [0.5, 0.6) is 0 Å². The van der Waals surface area contributed by atoms with Crippen LogP contribution in [0.2, 0.25) is 0 Å². The maximum absolute atomic E-state index is 11.1. The minimum absolute atomic E-state index is 0.291. The number of nitrogens with zero attached hydrogens (tertiary/aromatic N) is 5. The van der Waals surface area contributed by atoms with Crippen molar-refractivity contribution in [2.75, 3.05) is 6.26 Å². The summed E-state index contributed by atoms with van der Waals surface area (Å²) in [6, 6.07) is 6.46. The van der Waals surface area contributed by atoms with E-state index in [0.29, 0.717) is 5.82 Å². The highest BCUT2D eigenvalue weighted by molar-refractivity contribution is 7.98. The van der Waals surface area contributed by atoms with E-state index < -0.39 is 0 Å². The summed E-state index contributed by atoms with van der Waals surface area (Å²) < 4.78 is 3.38. The molecule has 0 aliphatic heterocycles. The molecule has 0 radical (unpaired) electrons. The normalized spacial score (nSPS) is 10.6. The molecule has 3 heterocycles. The number of hydrogen-bond acceptors (Lipinski definition) is 6.